The van der Waals surface area contributed by atoms with Crippen LogP contribution in [0.4, 0.5) is 5.95 Å². The third-order valence-corrected chi connectivity index (χ3v) is 7.80. The van der Waals surface area contributed by atoms with Gasteiger partial charge in [-0.3, -0.25) is 28.0 Å². The summed E-state index contributed by atoms with van der Waals surface area (Å²) in [6.45, 7) is -1.03. The maximum atomic E-state index is 11.9. The van der Waals surface area contributed by atoms with E-state index in [0.717, 1.165) is 6.33 Å². The van der Waals surface area contributed by atoms with Crippen LogP contribution in [0.25, 0.3) is 11.2 Å². The van der Waals surface area contributed by atoms with Gasteiger partial charge in [-0.05, 0) is 0 Å². The Morgan fingerprint density at radius 1 is 1.19 bits per heavy atom. The monoisotopic (exact) mass is 555 g/mol. The van der Waals surface area contributed by atoms with Crippen molar-refractivity contribution in [2.24, 2.45) is 0 Å². The second-order valence-electron chi connectivity index (χ2n) is 6.35. The Bertz CT molecular complexity index is 1240. The van der Waals surface area contributed by atoms with Crippen molar-refractivity contribution in [1.82, 2.24) is 19.5 Å². The average molecular weight is 555 g/mol. The molecule has 1 aliphatic rings. The zero-order valence-corrected chi connectivity index (χ0v) is 21.8. The molecule has 0 aliphatic carbocycles. The number of phosphoric ester groups is 1. The SMILES string of the molecule is CO[C@@H]1[C@H](O)[C@@H](COP(=O)([O-])OP(=O)([O-])OP(=O)([O-])O)O[C@H]1n1cnc2c(=O)[nH]c(N)nc21.[Li+].[Li+].[Li+]. The largest absolute Gasteiger partial charge is 1.00 e. The van der Waals surface area contributed by atoms with Crippen LogP contribution in [0.1, 0.15) is 6.23 Å². The summed E-state index contributed by atoms with van der Waals surface area (Å²) in [4.78, 5) is 63.8. The van der Waals surface area contributed by atoms with Gasteiger partial charge in [-0.25, -0.2) is 13.6 Å². The number of anilines is 1. The molecular weight excluding hydrogens is 540 g/mol. The Morgan fingerprint density at radius 2 is 1.81 bits per heavy atom. The summed E-state index contributed by atoms with van der Waals surface area (Å²) >= 11 is 0. The molecule has 0 radical (unpaired) electrons. The molecule has 186 valence electrons. The second kappa shape index (κ2) is 13.5. The summed E-state index contributed by atoms with van der Waals surface area (Å²) in [6, 6.07) is 0. The molecule has 2 aromatic rings. The van der Waals surface area contributed by atoms with Gasteiger partial charge < -0.3 is 44.4 Å². The van der Waals surface area contributed by atoms with Gasteiger partial charge in [-0.1, -0.05) is 0 Å². The minimum atomic E-state index is -6.09. The summed E-state index contributed by atoms with van der Waals surface area (Å²) in [5, 5.41) is 10.4. The van der Waals surface area contributed by atoms with E-state index in [1.165, 1.54) is 11.7 Å². The maximum absolute atomic E-state index is 11.9. The van der Waals surface area contributed by atoms with E-state index in [1.807, 2.05) is 0 Å². The Kier molecular flexibility index (Phi) is 13.6. The molecule has 0 spiro atoms. The fraction of sp³-hybridized carbons (Fsp3) is 0.545. The van der Waals surface area contributed by atoms with E-state index < -0.39 is 60.2 Å². The molecule has 19 nitrogen and oxygen atoms in total. The summed E-state index contributed by atoms with van der Waals surface area (Å²) in [7, 11) is -16.6. The Hall–Kier alpha value is 0.232. The molecule has 1 aliphatic heterocycles. The Labute approximate surface area is 237 Å². The number of aromatic nitrogens is 4. The van der Waals surface area contributed by atoms with Crippen LogP contribution in [0.15, 0.2) is 11.1 Å². The molecule has 3 rings (SSSR count). The molecule has 5 N–H and O–H groups in total. The zero-order valence-electron chi connectivity index (χ0n) is 19.1. The molecule has 1 saturated heterocycles. The van der Waals surface area contributed by atoms with Gasteiger partial charge in [0.2, 0.25) is 5.95 Å². The summed E-state index contributed by atoms with van der Waals surface area (Å²) < 4.78 is 56.2. The Morgan fingerprint density at radius 3 is 2.36 bits per heavy atom. The first kappa shape index (κ1) is 36.2. The van der Waals surface area contributed by atoms with Crippen LogP contribution >= 0.6 is 23.5 Å². The van der Waals surface area contributed by atoms with Crippen molar-refractivity contribution in [2.75, 3.05) is 19.5 Å². The number of hydrogen-bond donors (Lipinski definition) is 4. The second-order valence-corrected chi connectivity index (χ2v) is 10.6. The third-order valence-electron chi connectivity index (χ3n) is 4.11. The van der Waals surface area contributed by atoms with Gasteiger partial charge in [0.25, 0.3) is 29.0 Å². The number of aromatic amines is 1. The van der Waals surface area contributed by atoms with Crippen LogP contribution in [0.5, 0.6) is 0 Å². The molecule has 25 heteroatoms. The number of methoxy groups -OCH3 is 1. The standard InChI is InChI=1S/C11H18N5O14P3.3Li/c1-26-7-6(17)4(2-27-32(22,23)30-33(24,25)29-31(19,20)21)28-10(7)16-3-13-5-8(16)14-11(12)15-9(5)18;;;/h3-4,6-7,10,17H,2H2,1H3,(H,22,23)(H,24,25)(H2,19,20,21)(H3,12,14,15,18);;;/q;3*+1/p-3/t4-,6-,7-,10-;;;/m1.../s1. The van der Waals surface area contributed by atoms with E-state index >= 15 is 0 Å². The number of hydrogen-bond acceptors (Lipinski definition) is 16. The first-order chi connectivity index (χ1) is 15.1. The minimum Gasteiger partial charge on any atom is -0.756 e. The van der Waals surface area contributed by atoms with E-state index in [2.05, 4.69) is 28.1 Å². The van der Waals surface area contributed by atoms with E-state index in [1.54, 1.807) is 0 Å². The van der Waals surface area contributed by atoms with Crippen molar-refractivity contribution < 1.29 is 118 Å². The fourth-order valence-corrected chi connectivity index (χ4v) is 5.81. The van der Waals surface area contributed by atoms with Crippen LogP contribution in [0.3, 0.4) is 0 Å². The normalized spacial score (nSPS) is 26.5. The number of phosphoric acid groups is 3. The van der Waals surface area contributed by atoms with Gasteiger partial charge in [-0.2, -0.15) is 4.98 Å². The van der Waals surface area contributed by atoms with Gasteiger partial charge in [0, 0.05) is 7.11 Å². The predicted molar refractivity (Wildman–Crippen MR) is 96.4 cm³/mol. The molecule has 7 atom stereocenters. The molecule has 0 amide bonds. The number of nitrogens with zero attached hydrogens (tertiary/aromatic N) is 3. The summed E-state index contributed by atoms with van der Waals surface area (Å²) in [6.07, 6.45) is -4.31. The van der Waals surface area contributed by atoms with E-state index in [0.29, 0.717) is 0 Å². The number of imidazole rings is 1. The number of rotatable bonds is 9. The van der Waals surface area contributed by atoms with Crippen LogP contribution in [0.2, 0.25) is 0 Å². The van der Waals surface area contributed by atoms with E-state index in [4.69, 9.17) is 20.1 Å². The van der Waals surface area contributed by atoms with Gasteiger partial charge in [-0.15, -0.1) is 0 Å². The van der Waals surface area contributed by atoms with Crippen molar-refractivity contribution in [3.8, 4) is 0 Å². The molecule has 0 aromatic carbocycles. The van der Waals surface area contributed by atoms with Crippen molar-refractivity contribution >= 4 is 40.6 Å². The number of nitrogens with one attached hydrogen (secondary N) is 1. The summed E-state index contributed by atoms with van der Waals surface area (Å²) in [5.41, 5.74) is 4.68. The topological polar surface area (TPSA) is 297 Å². The zero-order chi connectivity index (χ0) is 24.8. The van der Waals surface area contributed by atoms with Crippen molar-refractivity contribution in [3.63, 3.8) is 0 Å². The number of aliphatic hydroxyl groups is 1. The third kappa shape index (κ3) is 8.88. The maximum Gasteiger partial charge on any atom is 1.00 e. The van der Waals surface area contributed by atoms with E-state index in [9.17, 15) is 38.3 Å². The van der Waals surface area contributed by atoms with Gasteiger partial charge in [0.1, 0.15) is 18.3 Å². The van der Waals surface area contributed by atoms with E-state index in [-0.39, 0.29) is 73.7 Å². The van der Waals surface area contributed by atoms with Crippen LogP contribution in [0, 0.1) is 0 Å². The molecular formula is C11H15Li3N5O14P3. The first-order valence-electron chi connectivity index (χ1n) is 8.44. The number of H-pyrrole nitrogens is 1. The molecule has 0 bridgehead atoms. The van der Waals surface area contributed by atoms with Gasteiger partial charge in [0.15, 0.2) is 17.4 Å². The molecule has 36 heavy (non-hydrogen) atoms. The molecule has 3 unspecified atom stereocenters. The Balaban J connectivity index is 0.00000408. The van der Waals surface area contributed by atoms with Crippen LogP contribution in [-0.2, 0) is 36.3 Å². The predicted octanol–water partition coefficient (Wildman–Crippen LogP) is -12.6. The fourth-order valence-electron chi connectivity index (χ4n) is 2.92. The number of nitrogen functional groups attached to an aromatic ring is 1. The number of ether oxygens (including phenoxy) is 2. The van der Waals surface area contributed by atoms with Crippen molar-refractivity contribution in [2.45, 2.75) is 24.5 Å². The quantitative estimate of drug-likeness (QED) is 0.165. The number of nitrogens with two attached hydrogens (primary N) is 1. The molecule has 0 saturated carbocycles. The van der Waals surface area contributed by atoms with Crippen molar-refractivity contribution in [3.05, 3.63) is 16.7 Å². The first-order valence-corrected chi connectivity index (χ1v) is 12.9. The molecule has 3 heterocycles. The van der Waals surface area contributed by atoms with Gasteiger partial charge >= 0.3 is 56.6 Å². The molecule has 2 aromatic heterocycles. The minimum absolute atomic E-state index is 0. The smallest absolute Gasteiger partial charge is 0.756 e. The van der Waals surface area contributed by atoms with Crippen LogP contribution < -0.4 is 82.6 Å². The van der Waals surface area contributed by atoms with Crippen molar-refractivity contribution in [1.29, 1.82) is 0 Å². The number of aliphatic hydroxyl groups excluding tert-OH is 1. The van der Waals surface area contributed by atoms with Gasteiger partial charge in [0.05, 0.1) is 12.9 Å². The molecule has 1 fully saturated rings. The summed E-state index contributed by atoms with van der Waals surface area (Å²) in [5.74, 6) is -0.249. The number of fused-ring (bicyclic) bond motifs is 1. The average Bonchev–Trinajstić information content (AvgIpc) is 3.17. The van der Waals surface area contributed by atoms with Crippen LogP contribution in [-0.4, -0.2) is 61.5 Å².